The summed E-state index contributed by atoms with van der Waals surface area (Å²) in [5, 5.41) is 11.3. The van der Waals surface area contributed by atoms with Crippen LogP contribution in [0.4, 0.5) is 5.95 Å². The summed E-state index contributed by atoms with van der Waals surface area (Å²) >= 11 is 1.76. The maximum Gasteiger partial charge on any atom is 0.227 e. The normalized spacial score (nSPS) is 22.3. The summed E-state index contributed by atoms with van der Waals surface area (Å²) in [4.78, 5) is 8.94. The Morgan fingerprint density at radius 2 is 1.93 bits per heavy atom. The molecule has 0 aliphatic carbocycles. The van der Waals surface area contributed by atoms with Crippen molar-refractivity contribution < 1.29 is 0 Å². The van der Waals surface area contributed by atoms with Crippen molar-refractivity contribution in [1.82, 2.24) is 24.6 Å². The van der Waals surface area contributed by atoms with E-state index in [4.69, 9.17) is 0 Å². The van der Waals surface area contributed by atoms with Crippen molar-refractivity contribution in [2.24, 2.45) is 0 Å². The van der Waals surface area contributed by atoms with Crippen LogP contribution in [0.5, 0.6) is 0 Å². The molecule has 0 bridgehead atoms. The summed E-state index contributed by atoms with van der Waals surface area (Å²) in [6, 6.07) is 3.52. The van der Waals surface area contributed by atoms with Gasteiger partial charge >= 0.3 is 0 Å². The van der Waals surface area contributed by atoms with Crippen LogP contribution in [0.1, 0.15) is 32.8 Å². The van der Waals surface area contributed by atoms with Crippen molar-refractivity contribution in [3.05, 3.63) is 17.0 Å². The van der Waals surface area contributed by atoms with E-state index < -0.39 is 0 Å². The Morgan fingerprint density at radius 1 is 1.15 bits per heavy atom. The largest absolute Gasteiger partial charge is 0.339 e. The molecule has 2 aliphatic rings. The van der Waals surface area contributed by atoms with Crippen LogP contribution in [0, 0.1) is 6.92 Å². The lowest BCUT2D eigenvalue weighted by molar-refractivity contribution is 0.0842. The zero-order valence-corrected chi connectivity index (χ0v) is 17.9. The van der Waals surface area contributed by atoms with Crippen molar-refractivity contribution >= 4 is 17.3 Å². The number of rotatable bonds is 5. The first-order valence-electron chi connectivity index (χ1n) is 10.3. The van der Waals surface area contributed by atoms with Crippen LogP contribution in [0.2, 0.25) is 0 Å². The highest BCUT2D eigenvalue weighted by atomic mass is 32.1. The Morgan fingerprint density at radius 3 is 2.56 bits per heavy atom. The molecule has 0 spiro atoms. The van der Waals surface area contributed by atoms with Gasteiger partial charge in [0.15, 0.2) is 5.82 Å². The van der Waals surface area contributed by atoms with Crippen LogP contribution in [0.3, 0.4) is 0 Å². The molecule has 7 heteroatoms. The lowest BCUT2D eigenvalue weighted by Gasteiger charge is -2.39. The Labute approximate surface area is 166 Å². The summed E-state index contributed by atoms with van der Waals surface area (Å²) < 4.78 is 2.28. The molecule has 0 saturated carbocycles. The molecule has 148 valence electrons. The van der Waals surface area contributed by atoms with Gasteiger partial charge in [0.1, 0.15) is 0 Å². The quantitative estimate of drug-likeness (QED) is 0.788. The topological polar surface area (TPSA) is 40.4 Å². The smallest absolute Gasteiger partial charge is 0.227 e. The van der Waals surface area contributed by atoms with E-state index in [9.17, 15) is 0 Å². The van der Waals surface area contributed by atoms with Gasteiger partial charge in [-0.15, -0.1) is 21.5 Å². The third kappa shape index (κ3) is 3.77. The fourth-order valence-electron chi connectivity index (χ4n) is 4.39. The van der Waals surface area contributed by atoms with Gasteiger partial charge in [0.05, 0.1) is 4.88 Å². The number of hydrogen-bond donors (Lipinski definition) is 0. The van der Waals surface area contributed by atoms with E-state index in [1.54, 1.807) is 11.3 Å². The Bertz CT molecular complexity index is 758. The second-order valence-electron chi connectivity index (χ2n) is 8.11. The molecule has 0 amide bonds. The van der Waals surface area contributed by atoms with Crippen LogP contribution < -0.4 is 4.90 Å². The van der Waals surface area contributed by atoms with E-state index in [0.29, 0.717) is 12.1 Å². The highest BCUT2D eigenvalue weighted by molar-refractivity contribution is 7.13. The standard InChI is InChI=1S/C20H32N6S/c1-5-26-19(18-12-16(4)14-27-18)21-22-20(26)25-7-6-17(13-25)24-10-8-23(9-11-24)15(2)3/h12,14-15,17H,5-11,13H2,1-4H3/t17-/m0/s1. The van der Waals surface area contributed by atoms with E-state index >= 15 is 0 Å². The van der Waals surface area contributed by atoms with Gasteiger partial charge in [0.2, 0.25) is 5.95 Å². The molecule has 0 unspecified atom stereocenters. The molecule has 4 rings (SSSR count). The Kier molecular flexibility index (Phi) is 5.53. The van der Waals surface area contributed by atoms with E-state index in [0.717, 1.165) is 31.4 Å². The molecule has 1 atom stereocenters. The van der Waals surface area contributed by atoms with Crippen molar-refractivity contribution in [2.75, 3.05) is 44.2 Å². The second-order valence-corrected chi connectivity index (χ2v) is 9.02. The monoisotopic (exact) mass is 388 g/mol. The van der Waals surface area contributed by atoms with Gasteiger partial charge in [-0.3, -0.25) is 14.4 Å². The molecular weight excluding hydrogens is 356 g/mol. The Balaban J connectivity index is 1.44. The number of nitrogens with zero attached hydrogens (tertiary/aromatic N) is 6. The van der Waals surface area contributed by atoms with Crippen LogP contribution in [0.15, 0.2) is 11.4 Å². The van der Waals surface area contributed by atoms with E-state index in [1.807, 2.05) is 0 Å². The minimum atomic E-state index is 0.647. The average molecular weight is 389 g/mol. The molecule has 27 heavy (non-hydrogen) atoms. The third-order valence-electron chi connectivity index (χ3n) is 6.04. The lowest BCUT2D eigenvalue weighted by Crippen LogP contribution is -2.52. The SMILES string of the molecule is CCn1c(-c2cc(C)cs2)nnc1N1CC[C@H](N2CCN(C(C)C)CC2)C1. The molecule has 2 fully saturated rings. The van der Waals surface area contributed by atoms with Crippen LogP contribution in [0.25, 0.3) is 10.7 Å². The van der Waals surface area contributed by atoms with Crippen LogP contribution in [-0.4, -0.2) is 75.9 Å². The molecular formula is C20H32N6S. The zero-order valence-electron chi connectivity index (χ0n) is 17.1. The average Bonchev–Trinajstić information content (AvgIpc) is 3.40. The van der Waals surface area contributed by atoms with Gasteiger partial charge in [-0.2, -0.15) is 0 Å². The minimum Gasteiger partial charge on any atom is -0.339 e. The first-order valence-corrected chi connectivity index (χ1v) is 11.2. The summed E-state index contributed by atoms with van der Waals surface area (Å²) in [6.45, 7) is 16.8. The van der Waals surface area contributed by atoms with Crippen LogP contribution in [-0.2, 0) is 6.54 Å². The van der Waals surface area contributed by atoms with Crippen molar-refractivity contribution in [3.8, 4) is 10.7 Å². The maximum absolute atomic E-state index is 4.59. The Hall–Kier alpha value is -1.44. The summed E-state index contributed by atoms with van der Waals surface area (Å²) in [6.07, 6.45) is 1.23. The van der Waals surface area contributed by atoms with Crippen LogP contribution >= 0.6 is 11.3 Å². The van der Waals surface area contributed by atoms with Gasteiger partial charge in [0.25, 0.3) is 0 Å². The molecule has 2 saturated heterocycles. The highest BCUT2D eigenvalue weighted by Crippen LogP contribution is 2.30. The number of piperazine rings is 1. The third-order valence-corrected chi connectivity index (χ3v) is 7.08. The molecule has 0 N–H and O–H groups in total. The summed E-state index contributed by atoms with van der Waals surface area (Å²) in [7, 11) is 0. The summed E-state index contributed by atoms with van der Waals surface area (Å²) in [5.74, 6) is 2.06. The highest BCUT2D eigenvalue weighted by Gasteiger charge is 2.32. The predicted molar refractivity (Wildman–Crippen MR) is 113 cm³/mol. The number of aryl methyl sites for hydroxylation is 1. The minimum absolute atomic E-state index is 0.647. The number of aromatic nitrogens is 3. The van der Waals surface area contributed by atoms with Gasteiger partial charge < -0.3 is 4.90 Å². The molecule has 6 nitrogen and oxygen atoms in total. The number of hydrogen-bond acceptors (Lipinski definition) is 6. The predicted octanol–water partition coefficient (Wildman–Crippen LogP) is 2.94. The van der Waals surface area contributed by atoms with Gasteiger partial charge in [-0.25, -0.2) is 0 Å². The molecule has 0 radical (unpaired) electrons. The summed E-state index contributed by atoms with van der Waals surface area (Å²) in [5.41, 5.74) is 1.30. The number of thiophene rings is 1. The molecule has 2 aromatic rings. The van der Waals surface area contributed by atoms with Gasteiger partial charge in [-0.1, -0.05) is 0 Å². The first-order chi connectivity index (χ1) is 13.1. The van der Waals surface area contributed by atoms with Crippen molar-refractivity contribution in [1.29, 1.82) is 0 Å². The first kappa shape index (κ1) is 18.9. The molecule has 4 heterocycles. The molecule has 0 aromatic carbocycles. The van der Waals surface area contributed by atoms with E-state index in [1.165, 1.54) is 43.0 Å². The van der Waals surface area contributed by atoms with Gasteiger partial charge in [0, 0.05) is 57.9 Å². The zero-order chi connectivity index (χ0) is 19.0. The fraction of sp³-hybridized carbons (Fsp3) is 0.700. The van der Waals surface area contributed by atoms with E-state index in [-0.39, 0.29) is 0 Å². The van der Waals surface area contributed by atoms with Crippen molar-refractivity contribution in [3.63, 3.8) is 0 Å². The maximum atomic E-state index is 4.59. The second kappa shape index (κ2) is 7.89. The van der Waals surface area contributed by atoms with Crippen molar-refractivity contribution in [2.45, 2.75) is 52.7 Å². The molecule has 2 aromatic heterocycles. The fourth-order valence-corrected chi connectivity index (χ4v) is 5.28. The van der Waals surface area contributed by atoms with Gasteiger partial charge in [-0.05, 0) is 51.1 Å². The number of anilines is 1. The molecule has 2 aliphatic heterocycles. The lowest BCUT2D eigenvalue weighted by atomic mass is 10.1. The van der Waals surface area contributed by atoms with E-state index in [2.05, 4.69) is 68.6 Å².